The summed E-state index contributed by atoms with van der Waals surface area (Å²) >= 11 is 4.47. The van der Waals surface area contributed by atoms with Gasteiger partial charge in [0.1, 0.15) is 3.70 Å². The number of rotatable bonds is 3. The van der Waals surface area contributed by atoms with Crippen LogP contribution in [0.2, 0.25) is 0 Å². The average Bonchev–Trinajstić information content (AvgIpc) is 2.31. The van der Waals surface area contributed by atoms with E-state index in [0.717, 1.165) is 13.9 Å². The minimum atomic E-state index is 0.991. The molecule has 0 aliphatic carbocycles. The Morgan fingerprint density at radius 2 is 2.18 bits per heavy atom. The van der Waals surface area contributed by atoms with Gasteiger partial charge in [0.2, 0.25) is 0 Å². The van der Waals surface area contributed by atoms with Gasteiger partial charge in [-0.2, -0.15) is 0 Å². The largest absolute Gasteiger partial charge is 0.238 e. The van der Waals surface area contributed by atoms with Gasteiger partial charge in [0.25, 0.3) is 0 Å². The van der Waals surface area contributed by atoms with Crippen LogP contribution in [0, 0.1) is 7.40 Å². The molecular formula is C6H9I2N3. The Morgan fingerprint density at radius 1 is 1.45 bits per heavy atom. The van der Waals surface area contributed by atoms with Crippen LogP contribution in [0.3, 0.4) is 0 Å². The second-order valence-electron chi connectivity index (χ2n) is 2.25. The van der Waals surface area contributed by atoms with E-state index in [9.17, 15) is 0 Å². The molecule has 0 spiro atoms. The van der Waals surface area contributed by atoms with Crippen LogP contribution in [0.5, 0.6) is 0 Å². The Labute approximate surface area is 93.2 Å². The van der Waals surface area contributed by atoms with Gasteiger partial charge in [0.15, 0.2) is 3.70 Å². The maximum absolute atomic E-state index is 4.00. The van der Waals surface area contributed by atoms with Crippen molar-refractivity contribution in [3.8, 4) is 0 Å². The Hall–Kier alpha value is 0.600. The first-order valence-corrected chi connectivity index (χ1v) is 5.66. The molecule has 3 nitrogen and oxygen atoms in total. The highest BCUT2D eigenvalue weighted by molar-refractivity contribution is 14.1. The lowest BCUT2D eigenvalue weighted by Gasteiger charge is -1.98. The monoisotopic (exact) mass is 377 g/mol. The number of hydrogen-bond acceptors (Lipinski definition) is 2. The van der Waals surface area contributed by atoms with Gasteiger partial charge < -0.3 is 0 Å². The SMILES string of the molecule is CCCCn1nnc(I)c1I. The van der Waals surface area contributed by atoms with E-state index in [2.05, 4.69) is 62.4 Å². The topological polar surface area (TPSA) is 30.7 Å². The maximum atomic E-state index is 4.00. The molecular weight excluding hydrogens is 368 g/mol. The van der Waals surface area contributed by atoms with E-state index in [1.165, 1.54) is 12.8 Å². The summed E-state index contributed by atoms with van der Waals surface area (Å²) in [5, 5.41) is 7.97. The highest BCUT2D eigenvalue weighted by Crippen LogP contribution is 2.11. The zero-order chi connectivity index (χ0) is 8.27. The van der Waals surface area contributed by atoms with Crippen molar-refractivity contribution in [2.24, 2.45) is 0 Å². The van der Waals surface area contributed by atoms with Crippen molar-refractivity contribution in [3.63, 3.8) is 0 Å². The molecule has 0 saturated carbocycles. The summed E-state index contributed by atoms with van der Waals surface area (Å²) in [4.78, 5) is 0. The molecule has 0 atom stereocenters. The second kappa shape index (κ2) is 4.58. The first-order chi connectivity index (χ1) is 5.25. The van der Waals surface area contributed by atoms with Crippen molar-refractivity contribution < 1.29 is 0 Å². The molecule has 11 heavy (non-hydrogen) atoms. The quantitative estimate of drug-likeness (QED) is 0.758. The molecule has 0 radical (unpaired) electrons. The van der Waals surface area contributed by atoms with E-state index in [1.807, 2.05) is 4.68 Å². The lowest BCUT2D eigenvalue weighted by atomic mass is 10.3. The van der Waals surface area contributed by atoms with Gasteiger partial charge in [-0.15, -0.1) is 5.10 Å². The molecule has 1 heterocycles. The molecule has 0 unspecified atom stereocenters. The first kappa shape index (κ1) is 9.69. The lowest BCUT2D eigenvalue weighted by Crippen LogP contribution is -2.02. The summed E-state index contributed by atoms with van der Waals surface area (Å²) in [5.74, 6) is 0. The van der Waals surface area contributed by atoms with Crippen LogP contribution < -0.4 is 0 Å². The standard InChI is InChI=1S/C6H9I2N3/c1-2-3-4-11-6(8)5(7)9-10-11/h2-4H2,1H3. The number of aromatic nitrogens is 3. The first-order valence-electron chi connectivity index (χ1n) is 3.50. The van der Waals surface area contributed by atoms with Crippen LogP contribution >= 0.6 is 45.2 Å². The molecule has 1 aromatic rings. The van der Waals surface area contributed by atoms with Crippen molar-refractivity contribution in [1.82, 2.24) is 15.0 Å². The molecule has 0 saturated heterocycles. The predicted octanol–water partition coefficient (Wildman–Crippen LogP) is 2.29. The molecule has 62 valence electrons. The summed E-state index contributed by atoms with van der Waals surface area (Å²) in [6.45, 7) is 3.17. The fourth-order valence-corrected chi connectivity index (χ4v) is 1.55. The number of unbranched alkanes of at least 4 members (excludes halogenated alkanes) is 1. The van der Waals surface area contributed by atoms with Crippen LogP contribution in [-0.4, -0.2) is 15.0 Å². The Morgan fingerprint density at radius 3 is 2.64 bits per heavy atom. The summed E-state index contributed by atoms with van der Waals surface area (Å²) in [7, 11) is 0. The summed E-state index contributed by atoms with van der Waals surface area (Å²) < 4.78 is 4.10. The molecule has 0 amide bonds. The molecule has 1 aromatic heterocycles. The third-order valence-electron chi connectivity index (χ3n) is 1.36. The van der Waals surface area contributed by atoms with Crippen molar-refractivity contribution in [2.75, 3.05) is 0 Å². The van der Waals surface area contributed by atoms with Gasteiger partial charge >= 0.3 is 0 Å². The third kappa shape index (κ3) is 2.53. The van der Waals surface area contributed by atoms with Crippen molar-refractivity contribution >= 4 is 45.2 Å². The zero-order valence-corrected chi connectivity index (χ0v) is 10.5. The highest BCUT2D eigenvalue weighted by atomic mass is 127. The van der Waals surface area contributed by atoms with E-state index in [4.69, 9.17) is 0 Å². The minimum Gasteiger partial charge on any atom is -0.238 e. The van der Waals surface area contributed by atoms with Crippen LogP contribution in [0.1, 0.15) is 19.8 Å². The van der Waals surface area contributed by atoms with E-state index in [0.29, 0.717) is 0 Å². The van der Waals surface area contributed by atoms with E-state index in [-0.39, 0.29) is 0 Å². The Balaban J connectivity index is 2.63. The summed E-state index contributed by atoms with van der Waals surface area (Å²) in [6, 6.07) is 0. The normalized spacial score (nSPS) is 10.5. The van der Waals surface area contributed by atoms with Gasteiger partial charge in [-0.3, -0.25) is 0 Å². The number of halogens is 2. The zero-order valence-electron chi connectivity index (χ0n) is 6.22. The number of aryl methyl sites for hydroxylation is 1. The number of hydrogen-bond donors (Lipinski definition) is 0. The molecule has 0 aromatic carbocycles. The summed E-state index contributed by atoms with van der Waals surface area (Å²) in [6.07, 6.45) is 2.38. The van der Waals surface area contributed by atoms with Crippen LogP contribution in [0.25, 0.3) is 0 Å². The predicted molar refractivity (Wildman–Crippen MR) is 60.4 cm³/mol. The summed E-state index contributed by atoms with van der Waals surface area (Å²) in [5.41, 5.74) is 0. The molecule has 0 aliphatic rings. The molecule has 0 aliphatic heterocycles. The van der Waals surface area contributed by atoms with Crippen LogP contribution in [-0.2, 0) is 6.54 Å². The second-order valence-corrected chi connectivity index (χ2v) is 4.29. The van der Waals surface area contributed by atoms with E-state index < -0.39 is 0 Å². The van der Waals surface area contributed by atoms with Gasteiger partial charge in [0.05, 0.1) is 0 Å². The lowest BCUT2D eigenvalue weighted by molar-refractivity contribution is 0.543. The molecule has 1 rings (SSSR count). The van der Waals surface area contributed by atoms with Crippen molar-refractivity contribution in [3.05, 3.63) is 7.40 Å². The van der Waals surface area contributed by atoms with Crippen LogP contribution in [0.15, 0.2) is 0 Å². The van der Waals surface area contributed by atoms with Crippen molar-refractivity contribution in [1.29, 1.82) is 0 Å². The van der Waals surface area contributed by atoms with Gasteiger partial charge in [-0.1, -0.05) is 18.6 Å². The molecule has 0 bridgehead atoms. The fourth-order valence-electron chi connectivity index (χ4n) is 0.731. The minimum absolute atomic E-state index is 0.991. The van der Waals surface area contributed by atoms with Crippen molar-refractivity contribution in [2.45, 2.75) is 26.3 Å². The maximum Gasteiger partial charge on any atom is 0.157 e. The fraction of sp³-hybridized carbons (Fsp3) is 0.667. The van der Waals surface area contributed by atoms with Gasteiger partial charge in [-0.25, -0.2) is 4.68 Å². The average molecular weight is 377 g/mol. The smallest absolute Gasteiger partial charge is 0.157 e. The molecule has 5 heteroatoms. The van der Waals surface area contributed by atoms with E-state index >= 15 is 0 Å². The van der Waals surface area contributed by atoms with Gasteiger partial charge in [0, 0.05) is 6.54 Å². The third-order valence-corrected chi connectivity index (χ3v) is 4.19. The van der Waals surface area contributed by atoms with Gasteiger partial charge in [-0.05, 0) is 51.6 Å². The Kier molecular flexibility index (Phi) is 4.04. The van der Waals surface area contributed by atoms with Crippen LogP contribution in [0.4, 0.5) is 0 Å². The van der Waals surface area contributed by atoms with E-state index in [1.54, 1.807) is 0 Å². The number of nitrogens with zero attached hydrogens (tertiary/aromatic N) is 3. The molecule has 0 N–H and O–H groups in total. The highest BCUT2D eigenvalue weighted by Gasteiger charge is 2.04. The Bertz CT molecular complexity index is 234. The molecule has 0 fully saturated rings.